The van der Waals surface area contributed by atoms with Crippen molar-refractivity contribution in [1.29, 1.82) is 0 Å². The second-order valence-corrected chi connectivity index (χ2v) is 12.2. The van der Waals surface area contributed by atoms with Crippen LogP contribution in [0.5, 0.6) is 0 Å². The van der Waals surface area contributed by atoms with Crippen molar-refractivity contribution in [3.8, 4) is 0 Å². The van der Waals surface area contributed by atoms with Gasteiger partial charge in [-0.2, -0.15) is 0 Å². The third-order valence-corrected chi connectivity index (χ3v) is 9.18. The quantitative estimate of drug-likeness (QED) is 0.502. The molecule has 8 heteroatoms. The minimum absolute atomic E-state index is 0.0686. The van der Waals surface area contributed by atoms with Gasteiger partial charge in [0.15, 0.2) is 0 Å². The van der Waals surface area contributed by atoms with E-state index >= 15 is 0 Å². The van der Waals surface area contributed by atoms with Crippen LogP contribution in [-0.4, -0.2) is 29.4 Å². The molecular weight excluding hydrogens is 479 g/mol. The number of benzene rings is 1. The first-order valence-corrected chi connectivity index (χ1v) is 13.2. The monoisotopic (exact) mass is 512 g/mol. The number of pyridine rings is 1. The fourth-order valence-corrected chi connectivity index (χ4v) is 7.43. The number of carbonyl (C=O) groups is 2. The molecule has 4 saturated carbocycles. The highest BCUT2D eigenvalue weighted by Gasteiger charge is 2.60. The zero-order chi connectivity index (χ0) is 25.7. The van der Waals surface area contributed by atoms with Crippen LogP contribution in [-0.2, 0) is 15.0 Å². The van der Waals surface area contributed by atoms with E-state index in [1.807, 2.05) is 26.0 Å². The first-order chi connectivity index (χ1) is 17.1. The highest BCUT2D eigenvalue weighted by atomic mass is 35.5. The molecule has 0 aliphatic heterocycles. The van der Waals surface area contributed by atoms with Gasteiger partial charge in [-0.1, -0.05) is 31.5 Å². The Labute approximate surface area is 216 Å². The minimum Gasteiger partial charge on any atom is -0.354 e. The summed E-state index contributed by atoms with van der Waals surface area (Å²) in [6.45, 7) is 4.33. The summed E-state index contributed by atoms with van der Waals surface area (Å²) in [5, 5.41) is 6.22. The van der Waals surface area contributed by atoms with Crippen LogP contribution in [0.4, 0.5) is 10.1 Å². The molecular formula is C28H34ClFN4O2. The number of nitrogens with zero attached hydrogens (tertiary/aromatic N) is 1. The van der Waals surface area contributed by atoms with Crippen LogP contribution in [0.2, 0.25) is 5.02 Å². The van der Waals surface area contributed by atoms with Gasteiger partial charge >= 0.3 is 0 Å². The normalized spacial score (nSPS) is 29.6. The van der Waals surface area contributed by atoms with E-state index in [1.165, 1.54) is 6.07 Å². The van der Waals surface area contributed by atoms with E-state index in [4.69, 9.17) is 17.3 Å². The Kier molecular flexibility index (Phi) is 6.58. The van der Waals surface area contributed by atoms with Crippen LogP contribution in [0.15, 0.2) is 42.7 Å². The van der Waals surface area contributed by atoms with Crippen molar-refractivity contribution >= 4 is 29.1 Å². The SMILES string of the molecule is CC(C)(CNC(=O)C(N)C1C2CC3CC1CC(C(=O)Nc1ccncc1)(C3)C2)c1ccc(F)c(Cl)c1. The zero-order valence-corrected chi connectivity index (χ0v) is 21.5. The average molecular weight is 513 g/mol. The van der Waals surface area contributed by atoms with Crippen molar-refractivity contribution in [1.82, 2.24) is 10.3 Å². The van der Waals surface area contributed by atoms with Crippen LogP contribution in [0.3, 0.4) is 0 Å². The maximum atomic E-state index is 13.6. The summed E-state index contributed by atoms with van der Waals surface area (Å²) in [6, 6.07) is 7.65. The predicted molar refractivity (Wildman–Crippen MR) is 138 cm³/mol. The standard InChI is InChI=1S/C28H34ClFN4O2/c1-27(2,19-3-4-22(30)21(29)11-19)15-33-25(35)24(31)23-17-9-16-10-18(23)14-28(12-16,13-17)26(36)34-20-5-7-32-8-6-20/h3-8,11,16-18,23-24H,9-10,12-15,31H2,1-2H3,(H,33,35)(H,32,34,36). The molecule has 4 bridgehead atoms. The molecule has 6 nitrogen and oxygen atoms in total. The summed E-state index contributed by atoms with van der Waals surface area (Å²) >= 11 is 5.97. The summed E-state index contributed by atoms with van der Waals surface area (Å²) in [7, 11) is 0. The number of aromatic nitrogens is 1. The third kappa shape index (κ3) is 4.63. The predicted octanol–water partition coefficient (Wildman–Crippen LogP) is 4.68. The van der Waals surface area contributed by atoms with E-state index in [0.29, 0.717) is 12.5 Å². The highest BCUT2D eigenvalue weighted by molar-refractivity contribution is 6.30. The summed E-state index contributed by atoms with van der Waals surface area (Å²) < 4.78 is 13.6. The van der Waals surface area contributed by atoms with E-state index in [-0.39, 0.29) is 40.0 Å². The smallest absolute Gasteiger partial charge is 0.237 e. The Bertz CT molecular complexity index is 1140. The Morgan fingerprint density at radius 1 is 1.17 bits per heavy atom. The number of rotatable bonds is 7. The van der Waals surface area contributed by atoms with E-state index in [9.17, 15) is 14.0 Å². The number of halogens is 2. The van der Waals surface area contributed by atoms with Crippen LogP contribution in [0.1, 0.15) is 51.5 Å². The number of nitrogens with one attached hydrogen (secondary N) is 2. The first kappa shape index (κ1) is 25.2. The average Bonchev–Trinajstić information content (AvgIpc) is 2.84. The number of hydrogen-bond donors (Lipinski definition) is 3. The van der Waals surface area contributed by atoms with Crippen molar-refractivity contribution in [2.75, 3.05) is 11.9 Å². The minimum atomic E-state index is -0.618. The lowest BCUT2D eigenvalue weighted by Gasteiger charge is -2.60. The largest absolute Gasteiger partial charge is 0.354 e. The van der Waals surface area contributed by atoms with Crippen molar-refractivity contribution in [3.63, 3.8) is 0 Å². The molecule has 1 heterocycles. The highest BCUT2D eigenvalue weighted by Crippen LogP contribution is 2.63. The number of anilines is 1. The van der Waals surface area contributed by atoms with Crippen molar-refractivity contribution in [2.45, 2.75) is 57.4 Å². The maximum absolute atomic E-state index is 13.6. The van der Waals surface area contributed by atoms with Gasteiger partial charge in [-0.3, -0.25) is 14.6 Å². The van der Waals surface area contributed by atoms with Crippen LogP contribution in [0, 0.1) is 34.9 Å². The molecule has 4 fully saturated rings. The Morgan fingerprint density at radius 2 is 1.83 bits per heavy atom. The first-order valence-electron chi connectivity index (χ1n) is 12.8. The van der Waals surface area contributed by atoms with Crippen LogP contribution < -0.4 is 16.4 Å². The van der Waals surface area contributed by atoms with E-state index in [2.05, 4.69) is 15.6 Å². The third-order valence-electron chi connectivity index (χ3n) is 8.89. The van der Waals surface area contributed by atoms with Crippen molar-refractivity contribution < 1.29 is 14.0 Å². The lowest BCUT2D eigenvalue weighted by atomic mass is 9.45. The lowest BCUT2D eigenvalue weighted by molar-refractivity contribution is -0.151. The Balaban J connectivity index is 1.24. The van der Waals surface area contributed by atoms with Gasteiger partial charge in [0.2, 0.25) is 11.8 Å². The summed E-state index contributed by atoms with van der Waals surface area (Å²) in [5.74, 6) is 0.587. The Hall–Kier alpha value is -2.51. The van der Waals surface area contributed by atoms with E-state index in [1.54, 1.807) is 24.5 Å². The van der Waals surface area contributed by atoms with Crippen molar-refractivity contribution in [3.05, 3.63) is 59.1 Å². The number of carbonyl (C=O) groups excluding carboxylic acids is 2. The lowest BCUT2D eigenvalue weighted by Crippen LogP contribution is -2.61. The Morgan fingerprint density at radius 3 is 2.47 bits per heavy atom. The van der Waals surface area contributed by atoms with E-state index < -0.39 is 17.3 Å². The van der Waals surface area contributed by atoms with Gasteiger partial charge < -0.3 is 16.4 Å². The molecule has 0 radical (unpaired) electrons. The molecule has 2 amide bonds. The number of nitrogens with two attached hydrogens (primary N) is 1. The molecule has 1 aromatic heterocycles. The maximum Gasteiger partial charge on any atom is 0.237 e. The van der Waals surface area contributed by atoms with Gasteiger partial charge in [-0.05, 0) is 85.6 Å². The second-order valence-electron chi connectivity index (χ2n) is 11.8. The van der Waals surface area contributed by atoms with E-state index in [0.717, 1.165) is 43.4 Å². The van der Waals surface area contributed by atoms with Crippen LogP contribution >= 0.6 is 11.6 Å². The molecule has 3 unspecified atom stereocenters. The molecule has 3 atom stereocenters. The summed E-state index contributed by atoms with van der Waals surface area (Å²) in [5.41, 5.74) is 7.40. The second kappa shape index (κ2) is 9.42. The molecule has 4 aliphatic carbocycles. The molecule has 0 spiro atoms. The molecule has 0 saturated heterocycles. The zero-order valence-electron chi connectivity index (χ0n) is 20.8. The fraction of sp³-hybridized carbons (Fsp3) is 0.536. The van der Waals surface area contributed by atoms with Gasteiger partial charge in [-0.25, -0.2) is 4.39 Å². The summed E-state index contributed by atoms with van der Waals surface area (Å²) in [6.07, 6.45) is 7.89. The van der Waals surface area contributed by atoms with Crippen LogP contribution in [0.25, 0.3) is 0 Å². The number of hydrogen-bond acceptors (Lipinski definition) is 4. The molecule has 4 N–H and O–H groups in total. The summed E-state index contributed by atoms with van der Waals surface area (Å²) in [4.78, 5) is 30.6. The molecule has 4 aliphatic rings. The van der Waals surface area contributed by atoms with Crippen molar-refractivity contribution in [2.24, 2.45) is 34.8 Å². The molecule has 2 aromatic rings. The van der Waals surface area contributed by atoms with Gasteiger partial charge in [-0.15, -0.1) is 0 Å². The fourth-order valence-electron chi connectivity index (χ4n) is 7.25. The van der Waals surface area contributed by atoms with Gasteiger partial charge in [0.25, 0.3) is 0 Å². The molecule has 1 aromatic carbocycles. The molecule has 6 rings (SSSR count). The topological polar surface area (TPSA) is 97.1 Å². The van der Waals surface area contributed by atoms with Gasteiger partial charge in [0, 0.05) is 30.0 Å². The number of amides is 2. The molecule has 36 heavy (non-hydrogen) atoms. The molecule has 192 valence electrons. The van der Waals surface area contributed by atoms with Gasteiger partial charge in [0.05, 0.1) is 16.5 Å². The van der Waals surface area contributed by atoms with Gasteiger partial charge in [0.1, 0.15) is 5.82 Å².